The van der Waals surface area contributed by atoms with E-state index in [-0.39, 0.29) is 12.5 Å². The summed E-state index contributed by atoms with van der Waals surface area (Å²) >= 11 is 0. The van der Waals surface area contributed by atoms with Crippen LogP contribution in [0.4, 0.5) is 11.5 Å². The first-order valence-electron chi connectivity index (χ1n) is 8.31. The molecule has 0 radical (unpaired) electrons. The number of aromatic nitrogens is 2. The largest absolute Gasteiger partial charge is 0.396 e. The molecule has 1 saturated heterocycles. The lowest BCUT2D eigenvalue weighted by Crippen LogP contribution is -2.36. The minimum atomic E-state index is -0.275. The first-order chi connectivity index (χ1) is 12.1. The Hall–Kier alpha value is -2.85. The number of carbonyl (C=O) groups is 1. The predicted molar refractivity (Wildman–Crippen MR) is 94.3 cm³/mol. The standard InChI is InChI=1S/C18H21N5O2/c1-22-11-14(10-19)9-16(22)18(25)21-15-3-2-6-20-17(15)23-7-4-13(12-24)5-8-23/h2-3,6,9,11,13,24H,4-5,7-8,12H2,1H3,(H,21,25). The molecule has 3 heterocycles. The van der Waals surface area contributed by atoms with E-state index in [9.17, 15) is 9.90 Å². The van der Waals surface area contributed by atoms with Gasteiger partial charge in [0.05, 0.1) is 11.3 Å². The van der Waals surface area contributed by atoms with Gasteiger partial charge in [-0.15, -0.1) is 0 Å². The van der Waals surface area contributed by atoms with Crippen LogP contribution in [0.15, 0.2) is 30.6 Å². The molecule has 0 bridgehead atoms. The first kappa shape index (κ1) is 17.0. The number of aliphatic hydroxyl groups excluding tert-OH is 1. The van der Waals surface area contributed by atoms with Crippen LogP contribution in [0.5, 0.6) is 0 Å². The van der Waals surface area contributed by atoms with Gasteiger partial charge in [-0.1, -0.05) is 0 Å². The molecular formula is C18H21N5O2. The number of aliphatic hydroxyl groups is 1. The Balaban J connectivity index is 1.78. The van der Waals surface area contributed by atoms with E-state index >= 15 is 0 Å². The highest BCUT2D eigenvalue weighted by Crippen LogP contribution is 2.28. The molecule has 0 spiro atoms. The molecule has 1 amide bonds. The lowest BCUT2D eigenvalue weighted by Gasteiger charge is -2.33. The van der Waals surface area contributed by atoms with Crippen LogP contribution in [0.3, 0.4) is 0 Å². The van der Waals surface area contributed by atoms with Gasteiger partial charge in [0.15, 0.2) is 5.82 Å². The zero-order valence-corrected chi connectivity index (χ0v) is 14.1. The van der Waals surface area contributed by atoms with E-state index in [0.29, 0.717) is 22.9 Å². The van der Waals surface area contributed by atoms with Crippen molar-refractivity contribution < 1.29 is 9.90 Å². The summed E-state index contributed by atoms with van der Waals surface area (Å²) in [4.78, 5) is 19.1. The average molecular weight is 339 g/mol. The summed E-state index contributed by atoms with van der Waals surface area (Å²) in [5.74, 6) is 0.802. The van der Waals surface area contributed by atoms with Crippen molar-refractivity contribution in [1.29, 1.82) is 5.26 Å². The Kier molecular flexibility index (Phi) is 5.00. The Morgan fingerprint density at radius 2 is 2.24 bits per heavy atom. The van der Waals surface area contributed by atoms with Crippen LogP contribution >= 0.6 is 0 Å². The van der Waals surface area contributed by atoms with E-state index in [0.717, 1.165) is 31.7 Å². The maximum atomic E-state index is 12.6. The van der Waals surface area contributed by atoms with Crippen molar-refractivity contribution in [3.8, 4) is 6.07 Å². The maximum Gasteiger partial charge on any atom is 0.272 e. The molecule has 0 aromatic carbocycles. The van der Waals surface area contributed by atoms with E-state index < -0.39 is 0 Å². The van der Waals surface area contributed by atoms with Gasteiger partial charge in [-0.2, -0.15) is 5.26 Å². The van der Waals surface area contributed by atoms with E-state index in [1.807, 2.05) is 12.1 Å². The Morgan fingerprint density at radius 3 is 2.88 bits per heavy atom. The van der Waals surface area contributed by atoms with Crippen molar-refractivity contribution in [1.82, 2.24) is 9.55 Å². The predicted octanol–water partition coefficient (Wildman–Crippen LogP) is 1.75. The Labute approximate surface area is 146 Å². The number of anilines is 2. The number of nitrogens with one attached hydrogen (secondary N) is 1. The van der Waals surface area contributed by atoms with E-state index in [1.165, 1.54) is 0 Å². The maximum absolute atomic E-state index is 12.6. The third-order valence-corrected chi connectivity index (χ3v) is 4.57. The summed E-state index contributed by atoms with van der Waals surface area (Å²) in [5.41, 5.74) is 1.52. The smallest absolute Gasteiger partial charge is 0.272 e. The fourth-order valence-corrected chi connectivity index (χ4v) is 3.11. The zero-order valence-electron chi connectivity index (χ0n) is 14.1. The van der Waals surface area contributed by atoms with E-state index in [1.54, 1.807) is 36.1 Å². The first-order valence-corrected chi connectivity index (χ1v) is 8.31. The molecule has 0 aliphatic carbocycles. The Bertz CT molecular complexity index is 800. The van der Waals surface area contributed by atoms with Crippen LogP contribution < -0.4 is 10.2 Å². The van der Waals surface area contributed by atoms with E-state index in [2.05, 4.69) is 15.2 Å². The monoisotopic (exact) mass is 339 g/mol. The molecule has 1 aliphatic rings. The van der Waals surface area contributed by atoms with Gasteiger partial charge >= 0.3 is 0 Å². The number of nitrogens with zero attached hydrogens (tertiary/aromatic N) is 4. The number of hydrogen-bond donors (Lipinski definition) is 2. The molecule has 3 rings (SSSR count). The second-order valence-electron chi connectivity index (χ2n) is 6.28. The molecular weight excluding hydrogens is 318 g/mol. The van der Waals surface area contributed by atoms with E-state index in [4.69, 9.17) is 5.26 Å². The Morgan fingerprint density at radius 1 is 1.48 bits per heavy atom. The number of hydrogen-bond acceptors (Lipinski definition) is 5. The second kappa shape index (κ2) is 7.36. The minimum Gasteiger partial charge on any atom is -0.396 e. The highest BCUT2D eigenvalue weighted by atomic mass is 16.3. The molecule has 25 heavy (non-hydrogen) atoms. The number of carbonyl (C=O) groups excluding carboxylic acids is 1. The molecule has 1 aliphatic heterocycles. The van der Waals surface area contributed by atoms with Crippen LogP contribution in [0.1, 0.15) is 28.9 Å². The van der Waals surface area contributed by atoms with Crippen LogP contribution in [-0.2, 0) is 7.05 Å². The number of rotatable bonds is 4. The second-order valence-corrected chi connectivity index (χ2v) is 6.28. The fraction of sp³-hybridized carbons (Fsp3) is 0.389. The SMILES string of the molecule is Cn1cc(C#N)cc1C(=O)Nc1cccnc1N1CCC(CO)CC1. The van der Waals surface area contributed by atoms with Gasteiger partial charge in [0.1, 0.15) is 11.8 Å². The van der Waals surface area contributed by atoms with Gasteiger partial charge in [0.2, 0.25) is 0 Å². The summed E-state index contributed by atoms with van der Waals surface area (Å²) in [6.07, 6.45) is 5.14. The van der Waals surface area contributed by atoms with Gasteiger partial charge in [-0.25, -0.2) is 4.98 Å². The molecule has 7 nitrogen and oxygen atoms in total. The van der Waals surface area contributed by atoms with Crippen molar-refractivity contribution in [3.05, 3.63) is 41.9 Å². The zero-order chi connectivity index (χ0) is 17.8. The van der Waals surface area contributed by atoms with Crippen molar-refractivity contribution in [2.24, 2.45) is 13.0 Å². The number of aryl methyl sites for hydroxylation is 1. The van der Waals surface area contributed by atoms with Crippen LogP contribution in [0, 0.1) is 17.2 Å². The van der Waals surface area contributed by atoms with Gasteiger partial charge in [0.25, 0.3) is 5.91 Å². The summed E-state index contributed by atoms with van der Waals surface area (Å²) < 4.78 is 1.64. The van der Waals surface area contributed by atoms with Gasteiger partial charge in [-0.05, 0) is 37.0 Å². The lowest BCUT2D eigenvalue weighted by molar-refractivity contribution is 0.101. The third kappa shape index (κ3) is 3.64. The van der Waals surface area contributed by atoms with Crippen LogP contribution in [0.25, 0.3) is 0 Å². The normalized spacial score (nSPS) is 15.0. The fourth-order valence-electron chi connectivity index (χ4n) is 3.11. The van der Waals surface area contributed by atoms with Crippen molar-refractivity contribution >= 4 is 17.4 Å². The minimum absolute atomic E-state index is 0.217. The molecule has 2 N–H and O–H groups in total. The average Bonchev–Trinajstić information content (AvgIpc) is 3.03. The van der Waals surface area contributed by atoms with Gasteiger partial charge < -0.3 is 19.9 Å². The quantitative estimate of drug-likeness (QED) is 0.885. The third-order valence-electron chi connectivity index (χ3n) is 4.57. The topological polar surface area (TPSA) is 94.2 Å². The summed E-state index contributed by atoms with van der Waals surface area (Å²) in [6.45, 7) is 1.82. The molecule has 0 saturated carbocycles. The van der Waals surface area contributed by atoms with Crippen molar-refractivity contribution in [2.45, 2.75) is 12.8 Å². The number of nitriles is 1. The van der Waals surface area contributed by atoms with Crippen molar-refractivity contribution in [3.63, 3.8) is 0 Å². The highest BCUT2D eigenvalue weighted by Gasteiger charge is 2.22. The highest BCUT2D eigenvalue weighted by molar-refractivity contribution is 6.04. The summed E-state index contributed by atoms with van der Waals surface area (Å²) in [6, 6.07) is 7.21. The molecule has 130 valence electrons. The molecule has 0 unspecified atom stereocenters. The lowest BCUT2D eigenvalue weighted by atomic mass is 9.98. The summed E-state index contributed by atoms with van der Waals surface area (Å²) in [5, 5.41) is 21.2. The molecule has 7 heteroatoms. The van der Waals surface area contributed by atoms with Crippen LogP contribution in [-0.4, -0.2) is 40.3 Å². The summed E-state index contributed by atoms with van der Waals surface area (Å²) in [7, 11) is 1.74. The molecule has 0 atom stereocenters. The molecule has 2 aromatic heterocycles. The molecule has 2 aromatic rings. The number of piperidine rings is 1. The number of pyridine rings is 1. The van der Waals surface area contributed by atoms with Crippen LogP contribution in [0.2, 0.25) is 0 Å². The van der Waals surface area contributed by atoms with Gasteiger partial charge in [-0.3, -0.25) is 4.79 Å². The van der Waals surface area contributed by atoms with Gasteiger partial charge in [0, 0.05) is 39.1 Å². The number of amides is 1. The molecule has 1 fully saturated rings. The van der Waals surface area contributed by atoms with Crippen molar-refractivity contribution in [2.75, 3.05) is 29.9 Å².